The molecule has 3 nitrogen and oxygen atoms in total. The van der Waals surface area contributed by atoms with Gasteiger partial charge >= 0.3 is 5.97 Å². The lowest BCUT2D eigenvalue weighted by Gasteiger charge is -2.17. The molecule has 0 aromatic carbocycles. The van der Waals surface area contributed by atoms with E-state index in [4.69, 9.17) is 0 Å². The van der Waals surface area contributed by atoms with Gasteiger partial charge in [0.05, 0.1) is 13.0 Å². The number of carbonyl (C=O) groups is 1. The van der Waals surface area contributed by atoms with Crippen molar-refractivity contribution in [3.05, 3.63) is 0 Å². The minimum absolute atomic E-state index is 0.0504. The van der Waals surface area contributed by atoms with E-state index in [-0.39, 0.29) is 11.9 Å². The predicted octanol–water partition coefficient (Wildman–Crippen LogP) is 1.57. The average molecular weight is 187 g/mol. The van der Waals surface area contributed by atoms with Crippen LogP contribution in [-0.4, -0.2) is 25.7 Å². The number of hydrogen-bond donors (Lipinski definition) is 1. The quantitative estimate of drug-likeness (QED) is 0.641. The fourth-order valence-corrected chi connectivity index (χ4v) is 1.21. The summed E-state index contributed by atoms with van der Waals surface area (Å²) in [5.41, 5.74) is 0. The zero-order chi connectivity index (χ0) is 10.3. The van der Waals surface area contributed by atoms with Crippen molar-refractivity contribution in [1.29, 1.82) is 0 Å². The molecule has 0 saturated carbocycles. The summed E-state index contributed by atoms with van der Waals surface area (Å²) < 4.78 is 4.63. The van der Waals surface area contributed by atoms with E-state index in [0.29, 0.717) is 12.6 Å². The third kappa shape index (κ3) is 4.88. The van der Waals surface area contributed by atoms with Gasteiger partial charge < -0.3 is 10.1 Å². The maximum absolute atomic E-state index is 11.0. The normalized spacial score (nSPS) is 13.0. The maximum atomic E-state index is 11.0. The molecule has 13 heavy (non-hydrogen) atoms. The van der Waals surface area contributed by atoms with Gasteiger partial charge in [-0.05, 0) is 12.8 Å². The van der Waals surface area contributed by atoms with E-state index >= 15 is 0 Å². The second-order valence-corrected chi connectivity index (χ2v) is 3.35. The van der Waals surface area contributed by atoms with Crippen molar-refractivity contribution in [1.82, 2.24) is 5.32 Å². The second kappa shape index (κ2) is 6.89. The van der Waals surface area contributed by atoms with Crippen LogP contribution in [-0.2, 0) is 9.53 Å². The van der Waals surface area contributed by atoms with Crippen LogP contribution in [0.1, 0.15) is 33.6 Å². The van der Waals surface area contributed by atoms with Crippen LogP contribution in [0.3, 0.4) is 0 Å². The van der Waals surface area contributed by atoms with Crippen molar-refractivity contribution in [3.8, 4) is 0 Å². The Morgan fingerprint density at radius 1 is 1.38 bits per heavy atom. The van der Waals surface area contributed by atoms with E-state index in [0.717, 1.165) is 12.8 Å². The molecule has 0 amide bonds. The van der Waals surface area contributed by atoms with E-state index in [1.165, 1.54) is 7.11 Å². The van der Waals surface area contributed by atoms with E-state index in [1.807, 2.05) is 6.92 Å². The lowest BCUT2D eigenvalue weighted by molar-refractivity contribution is -0.144. The van der Waals surface area contributed by atoms with Gasteiger partial charge in [-0.3, -0.25) is 4.79 Å². The number of carbonyl (C=O) groups excluding carboxylic acids is 1. The molecule has 1 unspecified atom stereocenters. The van der Waals surface area contributed by atoms with Gasteiger partial charge in [0.15, 0.2) is 0 Å². The molecule has 0 aliphatic rings. The molecule has 3 heteroatoms. The summed E-state index contributed by atoms with van der Waals surface area (Å²) in [4.78, 5) is 11.0. The first-order chi connectivity index (χ1) is 6.15. The first-order valence-electron chi connectivity index (χ1n) is 4.96. The zero-order valence-corrected chi connectivity index (χ0v) is 9.09. The number of rotatable bonds is 6. The molecule has 0 bridgehead atoms. The maximum Gasteiger partial charge on any atom is 0.309 e. The van der Waals surface area contributed by atoms with Crippen LogP contribution >= 0.6 is 0 Å². The van der Waals surface area contributed by atoms with Crippen LogP contribution in [0.25, 0.3) is 0 Å². The molecule has 0 heterocycles. The fourth-order valence-electron chi connectivity index (χ4n) is 1.21. The summed E-state index contributed by atoms with van der Waals surface area (Å²) in [6.07, 6.45) is 2.20. The number of esters is 1. The Kier molecular flexibility index (Phi) is 6.59. The van der Waals surface area contributed by atoms with Gasteiger partial charge in [0.25, 0.3) is 0 Å². The largest absolute Gasteiger partial charge is 0.469 e. The molecule has 0 saturated heterocycles. The molecule has 1 atom stereocenters. The molecule has 0 aliphatic carbocycles. The third-order valence-corrected chi connectivity index (χ3v) is 2.30. The summed E-state index contributed by atoms with van der Waals surface area (Å²) in [6.45, 7) is 6.87. The van der Waals surface area contributed by atoms with Gasteiger partial charge in [-0.25, -0.2) is 0 Å². The monoisotopic (exact) mass is 187 g/mol. The second-order valence-electron chi connectivity index (χ2n) is 3.35. The van der Waals surface area contributed by atoms with Crippen LogP contribution in [0.15, 0.2) is 0 Å². The highest BCUT2D eigenvalue weighted by molar-refractivity contribution is 5.72. The highest BCUT2D eigenvalue weighted by Crippen LogP contribution is 2.00. The molecule has 78 valence electrons. The molecule has 0 aliphatic heterocycles. The van der Waals surface area contributed by atoms with Gasteiger partial charge in [0.1, 0.15) is 0 Å². The molecular weight excluding hydrogens is 166 g/mol. The Hall–Kier alpha value is -0.570. The highest BCUT2D eigenvalue weighted by atomic mass is 16.5. The zero-order valence-electron chi connectivity index (χ0n) is 9.09. The van der Waals surface area contributed by atoms with Gasteiger partial charge in [-0.1, -0.05) is 20.8 Å². The van der Waals surface area contributed by atoms with Crippen molar-refractivity contribution in [2.45, 2.75) is 39.7 Å². The van der Waals surface area contributed by atoms with Crippen LogP contribution < -0.4 is 5.32 Å². The first-order valence-corrected chi connectivity index (χ1v) is 4.96. The van der Waals surface area contributed by atoms with Gasteiger partial charge in [0, 0.05) is 12.6 Å². The number of methoxy groups -OCH3 is 1. The first kappa shape index (κ1) is 12.4. The fraction of sp³-hybridized carbons (Fsp3) is 0.900. The molecule has 0 spiro atoms. The summed E-state index contributed by atoms with van der Waals surface area (Å²) >= 11 is 0. The van der Waals surface area contributed by atoms with E-state index in [1.54, 1.807) is 0 Å². The minimum atomic E-state index is -0.140. The van der Waals surface area contributed by atoms with Crippen LogP contribution in [0.4, 0.5) is 0 Å². The summed E-state index contributed by atoms with van der Waals surface area (Å²) in [7, 11) is 1.43. The minimum Gasteiger partial charge on any atom is -0.469 e. The van der Waals surface area contributed by atoms with E-state index in [2.05, 4.69) is 23.9 Å². The summed E-state index contributed by atoms with van der Waals surface area (Å²) in [5.74, 6) is -0.191. The smallest absolute Gasteiger partial charge is 0.309 e. The Labute approximate surface area is 80.8 Å². The molecular formula is C10H21NO2. The molecule has 0 radical (unpaired) electrons. The number of hydrogen-bond acceptors (Lipinski definition) is 3. The summed E-state index contributed by atoms with van der Waals surface area (Å²) in [6, 6.07) is 0.520. The highest BCUT2D eigenvalue weighted by Gasteiger charge is 2.13. The van der Waals surface area contributed by atoms with Crippen molar-refractivity contribution >= 4 is 5.97 Å². The number of nitrogens with one attached hydrogen (secondary N) is 1. The Morgan fingerprint density at radius 2 is 1.92 bits per heavy atom. The standard InChI is InChI=1S/C10H21NO2/c1-5-9(6-2)11-7-8(3)10(12)13-4/h8-9,11H,5-7H2,1-4H3. The predicted molar refractivity (Wildman–Crippen MR) is 53.6 cm³/mol. The van der Waals surface area contributed by atoms with E-state index in [9.17, 15) is 4.79 Å². The van der Waals surface area contributed by atoms with Crippen molar-refractivity contribution in [3.63, 3.8) is 0 Å². The van der Waals surface area contributed by atoms with Crippen molar-refractivity contribution in [2.75, 3.05) is 13.7 Å². The molecule has 0 aromatic heterocycles. The third-order valence-electron chi connectivity index (χ3n) is 2.30. The van der Waals surface area contributed by atoms with Crippen molar-refractivity contribution in [2.24, 2.45) is 5.92 Å². The van der Waals surface area contributed by atoms with Gasteiger partial charge in [-0.2, -0.15) is 0 Å². The SMILES string of the molecule is CCC(CC)NCC(C)C(=O)OC. The van der Waals surface area contributed by atoms with Gasteiger partial charge in [-0.15, -0.1) is 0 Å². The lowest BCUT2D eigenvalue weighted by Crippen LogP contribution is -2.34. The van der Waals surface area contributed by atoms with Crippen molar-refractivity contribution < 1.29 is 9.53 Å². The lowest BCUT2D eigenvalue weighted by atomic mass is 10.1. The molecule has 0 aromatic rings. The summed E-state index contributed by atoms with van der Waals surface area (Å²) in [5, 5.41) is 3.33. The Morgan fingerprint density at radius 3 is 2.31 bits per heavy atom. The number of ether oxygens (including phenoxy) is 1. The Balaban J connectivity index is 3.67. The Bertz CT molecular complexity index is 144. The molecule has 1 N–H and O–H groups in total. The van der Waals surface area contributed by atoms with Gasteiger partial charge in [0.2, 0.25) is 0 Å². The van der Waals surface area contributed by atoms with Crippen LogP contribution in [0, 0.1) is 5.92 Å². The molecule has 0 rings (SSSR count). The molecule has 0 fully saturated rings. The van der Waals surface area contributed by atoms with Crippen LogP contribution in [0.5, 0.6) is 0 Å². The van der Waals surface area contributed by atoms with E-state index < -0.39 is 0 Å². The van der Waals surface area contributed by atoms with Crippen LogP contribution in [0.2, 0.25) is 0 Å². The topological polar surface area (TPSA) is 38.3 Å². The average Bonchev–Trinajstić information content (AvgIpc) is 2.17.